The molecule has 1 aromatic rings. The summed E-state index contributed by atoms with van der Waals surface area (Å²) < 4.78 is 0. The highest BCUT2D eigenvalue weighted by Crippen LogP contribution is 2.26. The van der Waals surface area contributed by atoms with E-state index in [-0.39, 0.29) is 11.9 Å². The van der Waals surface area contributed by atoms with E-state index in [0.29, 0.717) is 11.4 Å². The van der Waals surface area contributed by atoms with Crippen LogP contribution in [0.4, 0.5) is 5.13 Å². The van der Waals surface area contributed by atoms with Gasteiger partial charge in [0.25, 0.3) is 5.91 Å². The van der Waals surface area contributed by atoms with Crippen LogP contribution in [-0.2, 0) is 0 Å². The summed E-state index contributed by atoms with van der Waals surface area (Å²) in [5.41, 5.74) is 0.745. The molecule has 0 fully saturated rings. The number of aryl methyl sites for hydroxylation is 1. The molecule has 1 rings (SSSR count). The molecule has 1 amide bonds. The van der Waals surface area contributed by atoms with Crippen molar-refractivity contribution in [2.24, 2.45) is 0 Å². The van der Waals surface area contributed by atoms with Crippen LogP contribution in [0.25, 0.3) is 0 Å². The minimum Gasteiger partial charge on any atom is -0.392 e. The molecule has 0 saturated heterocycles. The first-order chi connectivity index (χ1) is 8.73. The van der Waals surface area contributed by atoms with Crippen molar-refractivity contribution in [3.63, 3.8) is 0 Å². The number of carbonyl (C=O) groups is 1. The van der Waals surface area contributed by atoms with E-state index < -0.39 is 6.10 Å². The second-order valence-corrected chi connectivity index (χ2v) is 6.18. The molecule has 0 saturated carbocycles. The van der Waals surface area contributed by atoms with Gasteiger partial charge in [0.15, 0.2) is 5.13 Å². The first-order valence-corrected chi connectivity index (χ1v) is 7.19. The van der Waals surface area contributed by atoms with Gasteiger partial charge in [-0.25, -0.2) is 4.98 Å². The first-order valence-electron chi connectivity index (χ1n) is 6.37. The summed E-state index contributed by atoms with van der Waals surface area (Å²) in [5.74, 6) is -0.0565. The summed E-state index contributed by atoms with van der Waals surface area (Å²) >= 11 is 1.39. The number of aliphatic hydroxyl groups is 1. The maximum Gasteiger partial charge on any atom is 0.266 e. The zero-order valence-corrected chi connectivity index (χ0v) is 13.3. The number of hydrogen-bond donors (Lipinski definition) is 1. The van der Waals surface area contributed by atoms with Crippen LogP contribution >= 0.6 is 11.3 Å². The van der Waals surface area contributed by atoms with Gasteiger partial charge in [-0.1, -0.05) is 11.3 Å². The molecule has 19 heavy (non-hydrogen) atoms. The van der Waals surface area contributed by atoms with Gasteiger partial charge >= 0.3 is 0 Å². The van der Waals surface area contributed by atoms with Crippen molar-refractivity contribution in [1.82, 2.24) is 9.88 Å². The largest absolute Gasteiger partial charge is 0.392 e. The van der Waals surface area contributed by atoms with Crippen molar-refractivity contribution in [1.29, 1.82) is 0 Å². The number of aliphatic hydroxyl groups excluding tert-OH is 1. The number of thiazole rings is 1. The summed E-state index contributed by atoms with van der Waals surface area (Å²) in [4.78, 5) is 21.2. The summed E-state index contributed by atoms with van der Waals surface area (Å²) in [6.45, 7) is 7.77. The van der Waals surface area contributed by atoms with Gasteiger partial charge in [-0.2, -0.15) is 0 Å². The van der Waals surface area contributed by atoms with E-state index in [0.717, 1.165) is 10.8 Å². The molecule has 0 radical (unpaired) electrons. The Morgan fingerprint density at radius 3 is 2.32 bits per heavy atom. The fourth-order valence-electron chi connectivity index (χ4n) is 1.72. The van der Waals surface area contributed by atoms with Gasteiger partial charge in [-0.05, 0) is 27.7 Å². The predicted octanol–water partition coefficient (Wildman–Crippen LogP) is 1.75. The van der Waals surface area contributed by atoms with Crippen LogP contribution in [-0.4, -0.2) is 53.7 Å². The highest BCUT2D eigenvalue weighted by Gasteiger charge is 2.24. The predicted molar refractivity (Wildman–Crippen MR) is 79.0 cm³/mol. The molecular weight excluding hydrogens is 262 g/mol. The lowest BCUT2D eigenvalue weighted by atomic mass is 10.2. The highest BCUT2D eigenvalue weighted by molar-refractivity contribution is 7.17. The second-order valence-electron chi connectivity index (χ2n) is 5.21. The van der Waals surface area contributed by atoms with E-state index in [1.165, 1.54) is 11.3 Å². The van der Waals surface area contributed by atoms with Crippen LogP contribution in [0, 0.1) is 6.92 Å². The summed E-state index contributed by atoms with van der Waals surface area (Å²) in [7, 11) is 3.81. The minimum absolute atomic E-state index is 0.0476. The van der Waals surface area contributed by atoms with E-state index in [1.807, 2.05) is 39.8 Å². The van der Waals surface area contributed by atoms with Gasteiger partial charge in [0.05, 0.1) is 11.8 Å². The van der Waals surface area contributed by atoms with Crippen molar-refractivity contribution in [3.05, 3.63) is 10.6 Å². The molecule has 6 heteroatoms. The Kier molecular flexibility index (Phi) is 5.31. The Morgan fingerprint density at radius 2 is 1.95 bits per heavy atom. The van der Waals surface area contributed by atoms with E-state index in [9.17, 15) is 9.90 Å². The van der Waals surface area contributed by atoms with Crippen molar-refractivity contribution in [2.75, 3.05) is 25.5 Å². The highest BCUT2D eigenvalue weighted by atomic mass is 32.1. The molecule has 1 aromatic heterocycles. The average Bonchev–Trinajstić information content (AvgIpc) is 2.67. The van der Waals surface area contributed by atoms with Crippen LogP contribution < -0.4 is 4.90 Å². The number of rotatable bonds is 5. The van der Waals surface area contributed by atoms with Crippen molar-refractivity contribution >= 4 is 22.4 Å². The average molecular weight is 285 g/mol. The van der Waals surface area contributed by atoms with Gasteiger partial charge in [-0.3, -0.25) is 4.79 Å². The van der Waals surface area contributed by atoms with Crippen molar-refractivity contribution in [2.45, 2.75) is 39.8 Å². The molecule has 1 heterocycles. The fourth-order valence-corrected chi connectivity index (χ4v) is 2.66. The monoisotopic (exact) mass is 285 g/mol. The number of aromatic nitrogens is 1. The Bertz CT molecular complexity index is 441. The second kappa shape index (κ2) is 6.34. The lowest BCUT2D eigenvalue weighted by Gasteiger charge is -2.27. The molecule has 0 aliphatic heterocycles. The number of hydrogen-bond acceptors (Lipinski definition) is 5. The Balaban J connectivity index is 3.02. The smallest absolute Gasteiger partial charge is 0.266 e. The zero-order chi connectivity index (χ0) is 14.7. The number of anilines is 1. The van der Waals surface area contributed by atoms with Crippen LogP contribution in [0.5, 0.6) is 0 Å². The maximum absolute atomic E-state index is 12.5. The van der Waals surface area contributed by atoms with Crippen LogP contribution in [0.2, 0.25) is 0 Å². The molecule has 0 aliphatic carbocycles. The number of amides is 1. The standard InChI is InChI=1S/C13H23N3O2S/c1-8(2)16(7-9(3)17)12(18)11-10(4)14-13(19-11)15(5)6/h8-9,17H,7H2,1-6H3. The lowest BCUT2D eigenvalue weighted by Crippen LogP contribution is -2.41. The van der Waals surface area contributed by atoms with E-state index in [1.54, 1.807) is 11.8 Å². The maximum atomic E-state index is 12.5. The van der Waals surface area contributed by atoms with Gasteiger partial charge in [0, 0.05) is 26.7 Å². The van der Waals surface area contributed by atoms with Crippen molar-refractivity contribution in [3.8, 4) is 0 Å². The summed E-state index contributed by atoms with van der Waals surface area (Å²) in [5, 5.41) is 10.3. The Hall–Kier alpha value is -1.14. The zero-order valence-electron chi connectivity index (χ0n) is 12.5. The lowest BCUT2D eigenvalue weighted by molar-refractivity contribution is 0.0582. The molecule has 1 unspecified atom stereocenters. The quantitative estimate of drug-likeness (QED) is 0.895. The molecule has 0 aromatic carbocycles. The van der Waals surface area contributed by atoms with Crippen LogP contribution in [0.3, 0.4) is 0 Å². The molecule has 108 valence electrons. The summed E-state index contributed by atoms with van der Waals surface area (Å²) in [6.07, 6.45) is -0.534. The van der Waals surface area contributed by atoms with Gasteiger partial charge < -0.3 is 14.9 Å². The van der Waals surface area contributed by atoms with Crippen LogP contribution in [0.15, 0.2) is 0 Å². The topological polar surface area (TPSA) is 56.7 Å². The molecular formula is C13H23N3O2S. The minimum atomic E-state index is -0.534. The molecule has 0 aliphatic rings. The van der Waals surface area contributed by atoms with E-state index in [2.05, 4.69) is 4.98 Å². The molecule has 1 atom stereocenters. The number of nitrogens with zero attached hydrogens (tertiary/aromatic N) is 3. The van der Waals surface area contributed by atoms with Gasteiger partial charge in [0.1, 0.15) is 4.88 Å². The van der Waals surface area contributed by atoms with Crippen molar-refractivity contribution < 1.29 is 9.90 Å². The van der Waals surface area contributed by atoms with E-state index in [4.69, 9.17) is 0 Å². The van der Waals surface area contributed by atoms with E-state index >= 15 is 0 Å². The first kappa shape index (κ1) is 15.9. The molecule has 0 spiro atoms. The summed E-state index contributed by atoms with van der Waals surface area (Å²) in [6, 6.07) is 0.0476. The molecule has 1 N–H and O–H groups in total. The molecule has 0 bridgehead atoms. The third-order valence-electron chi connectivity index (χ3n) is 2.71. The van der Waals surface area contributed by atoms with Gasteiger partial charge in [0.2, 0.25) is 0 Å². The fraction of sp³-hybridized carbons (Fsp3) is 0.692. The SMILES string of the molecule is Cc1nc(N(C)C)sc1C(=O)N(CC(C)O)C(C)C. The Morgan fingerprint density at radius 1 is 1.37 bits per heavy atom. The number of carbonyl (C=O) groups excluding carboxylic acids is 1. The molecule has 5 nitrogen and oxygen atoms in total. The third kappa shape index (κ3) is 3.91. The van der Waals surface area contributed by atoms with Crippen LogP contribution in [0.1, 0.15) is 36.1 Å². The third-order valence-corrected chi connectivity index (χ3v) is 4.02. The van der Waals surface area contributed by atoms with Gasteiger partial charge in [-0.15, -0.1) is 0 Å². The normalized spacial score (nSPS) is 12.6. The Labute approximate surface area is 118 Å².